The van der Waals surface area contributed by atoms with E-state index in [1.807, 2.05) is 32.0 Å². The number of rotatable bonds is 3. The van der Waals surface area contributed by atoms with Crippen molar-refractivity contribution in [3.05, 3.63) is 40.6 Å². The van der Waals surface area contributed by atoms with Crippen LogP contribution in [0.25, 0.3) is 5.57 Å². The van der Waals surface area contributed by atoms with Crippen molar-refractivity contribution >= 4 is 17.4 Å². The zero-order chi connectivity index (χ0) is 14.6. The molecule has 19 heavy (non-hydrogen) atoms. The number of nitrogens with one attached hydrogen (secondary N) is 1. The average Bonchev–Trinajstić information content (AvgIpc) is 2.37. The maximum Gasteiger partial charge on any atom is 0.354 e. The highest BCUT2D eigenvalue weighted by Crippen LogP contribution is 2.22. The molecule has 0 aromatic heterocycles. The van der Waals surface area contributed by atoms with Gasteiger partial charge in [0, 0.05) is 6.92 Å². The normalized spacial score (nSPS) is 11.6. The Balaban J connectivity index is 3.39. The summed E-state index contributed by atoms with van der Waals surface area (Å²) in [6.45, 7) is 7.09. The second-order valence-electron chi connectivity index (χ2n) is 4.49. The van der Waals surface area contributed by atoms with Crippen molar-refractivity contribution in [2.75, 3.05) is 7.11 Å². The van der Waals surface area contributed by atoms with Crippen LogP contribution in [0.4, 0.5) is 0 Å². The fourth-order valence-electron chi connectivity index (χ4n) is 1.85. The molecule has 0 saturated heterocycles. The van der Waals surface area contributed by atoms with Gasteiger partial charge in [-0.3, -0.25) is 4.79 Å². The minimum atomic E-state index is -0.548. The fraction of sp³-hybridized carbons (Fsp3) is 0.333. The van der Waals surface area contributed by atoms with Crippen molar-refractivity contribution < 1.29 is 14.3 Å². The molecule has 0 heterocycles. The average molecular weight is 261 g/mol. The number of allylic oxidation sites excluding steroid dienone is 1. The number of aryl methyl sites for hydroxylation is 2. The van der Waals surface area contributed by atoms with Crippen molar-refractivity contribution in [3.8, 4) is 0 Å². The summed E-state index contributed by atoms with van der Waals surface area (Å²) in [5, 5.41) is 2.54. The van der Waals surface area contributed by atoms with Crippen LogP contribution in [0.3, 0.4) is 0 Å². The predicted octanol–water partition coefficient (Wildman–Crippen LogP) is 2.34. The Morgan fingerprint density at radius 2 is 1.79 bits per heavy atom. The number of esters is 1. The van der Waals surface area contributed by atoms with E-state index >= 15 is 0 Å². The van der Waals surface area contributed by atoms with Gasteiger partial charge in [0.25, 0.3) is 0 Å². The molecule has 1 amide bonds. The van der Waals surface area contributed by atoms with Crippen molar-refractivity contribution in [2.24, 2.45) is 0 Å². The van der Waals surface area contributed by atoms with E-state index < -0.39 is 5.97 Å². The highest BCUT2D eigenvalue weighted by molar-refractivity contribution is 6.00. The minimum absolute atomic E-state index is 0.184. The lowest BCUT2D eigenvalue weighted by Crippen LogP contribution is -2.27. The van der Waals surface area contributed by atoms with E-state index in [-0.39, 0.29) is 11.6 Å². The van der Waals surface area contributed by atoms with Crippen LogP contribution in [0.2, 0.25) is 0 Å². The van der Waals surface area contributed by atoms with Crippen LogP contribution in [0.15, 0.2) is 23.9 Å². The summed E-state index contributed by atoms with van der Waals surface area (Å²) < 4.78 is 4.71. The highest BCUT2D eigenvalue weighted by Gasteiger charge is 2.17. The Hall–Kier alpha value is -2.10. The SMILES string of the molecule is COC(=O)/C(NC(C)=O)=C(\C)c1cc(C)ccc1C. The van der Waals surface area contributed by atoms with E-state index in [4.69, 9.17) is 4.74 Å². The molecule has 102 valence electrons. The van der Waals surface area contributed by atoms with E-state index in [1.54, 1.807) is 6.92 Å². The van der Waals surface area contributed by atoms with Crippen LogP contribution in [-0.4, -0.2) is 19.0 Å². The third kappa shape index (κ3) is 3.68. The highest BCUT2D eigenvalue weighted by atomic mass is 16.5. The molecule has 0 spiro atoms. The molecule has 0 aliphatic carbocycles. The van der Waals surface area contributed by atoms with Gasteiger partial charge in [-0.2, -0.15) is 0 Å². The molecule has 1 aromatic carbocycles. The zero-order valence-corrected chi connectivity index (χ0v) is 12.0. The number of amides is 1. The van der Waals surface area contributed by atoms with Crippen molar-refractivity contribution in [3.63, 3.8) is 0 Å². The lowest BCUT2D eigenvalue weighted by atomic mass is 9.98. The molecule has 0 atom stereocenters. The van der Waals surface area contributed by atoms with Crippen LogP contribution in [0.5, 0.6) is 0 Å². The van der Waals surface area contributed by atoms with Gasteiger partial charge in [0.1, 0.15) is 5.70 Å². The monoisotopic (exact) mass is 261 g/mol. The molecular weight excluding hydrogens is 242 g/mol. The third-order valence-corrected chi connectivity index (χ3v) is 2.86. The van der Waals surface area contributed by atoms with Gasteiger partial charge in [0.15, 0.2) is 0 Å². The Morgan fingerprint density at radius 3 is 2.32 bits per heavy atom. The summed E-state index contributed by atoms with van der Waals surface area (Å²) in [7, 11) is 1.29. The van der Waals surface area contributed by atoms with Gasteiger partial charge in [0.05, 0.1) is 7.11 Å². The first-order valence-corrected chi connectivity index (χ1v) is 6.01. The van der Waals surface area contributed by atoms with Crippen LogP contribution in [0, 0.1) is 13.8 Å². The topological polar surface area (TPSA) is 55.4 Å². The van der Waals surface area contributed by atoms with E-state index in [0.29, 0.717) is 5.57 Å². The lowest BCUT2D eigenvalue weighted by molar-refractivity contribution is -0.137. The second kappa shape index (κ2) is 6.18. The first-order valence-electron chi connectivity index (χ1n) is 6.01. The molecule has 0 saturated carbocycles. The van der Waals surface area contributed by atoms with Gasteiger partial charge in [-0.15, -0.1) is 0 Å². The molecular formula is C15H19NO3. The second-order valence-corrected chi connectivity index (χ2v) is 4.49. The molecule has 0 bridgehead atoms. The van der Waals surface area contributed by atoms with Crippen LogP contribution in [0.1, 0.15) is 30.5 Å². The molecule has 1 N–H and O–H groups in total. The van der Waals surface area contributed by atoms with E-state index in [1.165, 1.54) is 14.0 Å². The summed E-state index contributed by atoms with van der Waals surface area (Å²) in [6.07, 6.45) is 0. The van der Waals surface area contributed by atoms with Gasteiger partial charge in [-0.05, 0) is 37.5 Å². The molecule has 1 aromatic rings. The van der Waals surface area contributed by atoms with Crippen molar-refractivity contribution in [2.45, 2.75) is 27.7 Å². The smallest absolute Gasteiger partial charge is 0.354 e. The lowest BCUT2D eigenvalue weighted by Gasteiger charge is -2.13. The minimum Gasteiger partial charge on any atom is -0.464 e. The summed E-state index contributed by atoms with van der Waals surface area (Å²) in [4.78, 5) is 23.0. The number of carbonyl (C=O) groups is 2. The number of hydrogen-bond donors (Lipinski definition) is 1. The van der Waals surface area contributed by atoms with E-state index in [0.717, 1.165) is 16.7 Å². The first-order chi connectivity index (χ1) is 8.86. The van der Waals surface area contributed by atoms with Gasteiger partial charge >= 0.3 is 5.97 Å². The van der Waals surface area contributed by atoms with E-state index in [2.05, 4.69) is 5.32 Å². The van der Waals surface area contributed by atoms with Gasteiger partial charge < -0.3 is 10.1 Å². The number of ether oxygens (including phenoxy) is 1. The van der Waals surface area contributed by atoms with E-state index in [9.17, 15) is 9.59 Å². The quantitative estimate of drug-likeness (QED) is 0.671. The van der Waals surface area contributed by atoms with Crippen LogP contribution >= 0.6 is 0 Å². The Labute approximate surface area is 113 Å². The maximum atomic E-state index is 11.8. The Bertz CT molecular complexity index is 544. The summed E-state index contributed by atoms with van der Waals surface area (Å²) in [6, 6.07) is 5.97. The Kier molecular flexibility index (Phi) is 4.87. The summed E-state index contributed by atoms with van der Waals surface area (Å²) >= 11 is 0. The number of methoxy groups -OCH3 is 1. The standard InChI is InChI=1S/C15H19NO3/c1-9-6-7-10(2)13(8-9)11(3)14(15(18)19-5)16-12(4)17/h6-8H,1-5H3,(H,16,17)/b14-11-. The van der Waals surface area contributed by atoms with Gasteiger partial charge in [0.2, 0.25) is 5.91 Å². The maximum absolute atomic E-state index is 11.8. The molecule has 0 unspecified atom stereocenters. The molecule has 0 fully saturated rings. The molecule has 0 aliphatic rings. The predicted molar refractivity (Wildman–Crippen MR) is 74.3 cm³/mol. The zero-order valence-electron chi connectivity index (χ0n) is 12.0. The molecule has 4 heteroatoms. The van der Waals surface area contributed by atoms with Crippen LogP contribution < -0.4 is 5.32 Å². The largest absolute Gasteiger partial charge is 0.464 e. The number of benzene rings is 1. The molecule has 0 aliphatic heterocycles. The van der Waals surface area contributed by atoms with Crippen molar-refractivity contribution in [1.29, 1.82) is 0 Å². The van der Waals surface area contributed by atoms with Crippen molar-refractivity contribution in [1.82, 2.24) is 5.32 Å². The Morgan fingerprint density at radius 1 is 1.16 bits per heavy atom. The number of carbonyl (C=O) groups excluding carboxylic acids is 2. The molecule has 0 radical (unpaired) electrons. The van der Waals surface area contributed by atoms with Gasteiger partial charge in [-0.1, -0.05) is 23.8 Å². The number of hydrogen-bond acceptors (Lipinski definition) is 3. The third-order valence-electron chi connectivity index (χ3n) is 2.86. The summed E-state index contributed by atoms with van der Waals surface area (Å²) in [5.41, 5.74) is 3.93. The molecule has 4 nitrogen and oxygen atoms in total. The fourth-order valence-corrected chi connectivity index (χ4v) is 1.85. The molecule has 1 rings (SSSR count). The van der Waals surface area contributed by atoms with Crippen LogP contribution in [-0.2, 0) is 14.3 Å². The van der Waals surface area contributed by atoms with Gasteiger partial charge in [-0.25, -0.2) is 4.79 Å². The first kappa shape index (κ1) is 15.0. The summed E-state index contributed by atoms with van der Waals surface area (Å²) in [5.74, 6) is -0.848.